The summed E-state index contributed by atoms with van der Waals surface area (Å²) in [6, 6.07) is 8.80. The maximum Gasteiger partial charge on any atom is 0.0708 e. The van der Waals surface area contributed by atoms with Crippen LogP contribution in [0.25, 0.3) is 0 Å². The van der Waals surface area contributed by atoms with E-state index in [-0.39, 0.29) is 11.4 Å². The number of nitrogens with one attached hydrogen (secondary N) is 1. The zero-order valence-electron chi connectivity index (χ0n) is 12.9. The van der Waals surface area contributed by atoms with Crippen molar-refractivity contribution in [3.8, 4) is 0 Å². The highest BCUT2D eigenvalue weighted by Gasteiger charge is 2.45. The van der Waals surface area contributed by atoms with Crippen molar-refractivity contribution < 1.29 is 9.94 Å². The molecule has 0 saturated carbocycles. The molecule has 5 heteroatoms. The number of hydroxylamine groups is 1. The Kier molecular flexibility index (Phi) is 5.37. The molecule has 4 atom stereocenters. The fourth-order valence-electron chi connectivity index (χ4n) is 3.62. The quantitative estimate of drug-likeness (QED) is 0.562. The minimum atomic E-state index is -0.237. The van der Waals surface area contributed by atoms with Gasteiger partial charge in [0.05, 0.1) is 18.5 Å². The van der Waals surface area contributed by atoms with Crippen molar-refractivity contribution in [1.29, 1.82) is 0 Å². The maximum atomic E-state index is 10.5. The fraction of sp³-hybridized carbons (Fsp3) is 0.529. The summed E-state index contributed by atoms with van der Waals surface area (Å²) in [6.07, 6.45) is 2.66. The molecule has 1 aromatic carbocycles. The first kappa shape index (κ1) is 16.6. The molecular weight excluding hydrogens is 409 g/mol. The average Bonchev–Trinajstić information content (AvgIpc) is 2.81. The normalized spacial score (nSPS) is 32.9. The second-order valence-corrected chi connectivity index (χ2v) is 8.61. The van der Waals surface area contributed by atoms with Crippen LogP contribution in [-0.4, -0.2) is 28.8 Å². The van der Waals surface area contributed by atoms with Crippen molar-refractivity contribution in [2.24, 2.45) is 0 Å². The molecule has 0 spiro atoms. The summed E-state index contributed by atoms with van der Waals surface area (Å²) in [5.74, 6) is 0.378. The van der Waals surface area contributed by atoms with Crippen LogP contribution in [0.3, 0.4) is 0 Å². The number of aliphatic hydroxyl groups is 1. The van der Waals surface area contributed by atoms with Crippen LogP contribution < -0.4 is 5.48 Å². The number of allylic oxidation sites excluding steroid dienone is 1. The lowest BCUT2D eigenvalue weighted by Crippen LogP contribution is -2.29. The molecule has 1 aromatic rings. The molecule has 2 bridgehead atoms. The Balaban J connectivity index is 2.04. The van der Waals surface area contributed by atoms with Crippen LogP contribution in [0.2, 0.25) is 0 Å². The number of aliphatic hydroxyl groups excluding tert-OH is 1. The topological polar surface area (TPSA) is 41.5 Å². The summed E-state index contributed by atoms with van der Waals surface area (Å²) in [5, 5.41) is 11.2. The molecule has 120 valence electrons. The average molecular weight is 431 g/mol. The van der Waals surface area contributed by atoms with Crippen LogP contribution in [0, 0.1) is 3.57 Å². The van der Waals surface area contributed by atoms with Gasteiger partial charge in [0.1, 0.15) is 0 Å². The molecule has 0 amide bonds. The van der Waals surface area contributed by atoms with Gasteiger partial charge in [0.25, 0.3) is 0 Å². The lowest BCUT2D eigenvalue weighted by molar-refractivity contribution is 0.113. The van der Waals surface area contributed by atoms with Crippen molar-refractivity contribution >= 4 is 34.4 Å². The van der Waals surface area contributed by atoms with E-state index in [2.05, 4.69) is 59.3 Å². The predicted molar refractivity (Wildman–Crippen MR) is 99.8 cm³/mol. The fourth-order valence-corrected chi connectivity index (χ4v) is 5.75. The number of benzene rings is 1. The number of halogens is 1. The molecule has 2 saturated heterocycles. The Hall–Kier alpha value is -0.240. The Morgan fingerprint density at radius 3 is 2.73 bits per heavy atom. The van der Waals surface area contributed by atoms with Gasteiger partial charge in [-0.1, -0.05) is 19.1 Å². The van der Waals surface area contributed by atoms with Crippen molar-refractivity contribution in [3.05, 3.63) is 44.7 Å². The molecule has 2 heterocycles. The molecular formula is C17H22INO2S. The Morgan fingerprint density at radius 2 is 2.09 bits per heavy atom. The summed E-state index contributed by atoms with van der Waals surface area (Å²) < 4.78 is 1.26. The SMILES string of the molecule is CCC(NOC)=C1[C@@H](c2ccc(I)cc2)CC2CC(O)[C@H]1S2. The summed E-state index contributed by atoms with van der Waals surface area (Å²) >= 11 is 4.28. The van der Waals surface area contributed by atoms with Crippen molar-refractivity contribution in [2.75, 3.05) is 7.11 Å². The van der Waals surface area contributed by atoms with Crippen molar-refractivity contribution in [2.45, 2.75) is 48.7 Å². The minimum Gasteiger partial charge on any atom is -0.392 e. The largest absolute Gasteiger partial charge is 0.392 e. The van der Waals surface area contributed by atoms with E-state index in [9.17, 15) is 5.11 Å². The predicted octanol–water partition coefficient (Wildman–Crippen LogP) is 3.83. The number of hydrogen-bond acceptors (Lipinski definition) is 4. The third-order valence-corrected chi connectivity index (χ3v) is 6.92. The van der Waals surface area contributed by atoms with Gasteiger partial charge in [-0.2, -0.15) is 0 Å². The van der Waals surface area contributed by atoms with E-state index in [1.165, 1.54) is 14.7 Å². The molecule has 2 aliphatic rings. The summed E-state index contributed by atoms with van der Waals surface area (Å²) in [7, 11) is 1.65. The monoisotopic (exact) mass is 431 g/mol. The van der Waals surface area contributed by atoms with Gasteiger partial charge in [-0.25, -0.2) is 0 Å². The second-order valence-electron chi connectivity index (χ2n) is 5.92. The highest BCUT2D eigenvalue weighted by molar-refractivity contribution is 14.1. The van der Waals surface area contributed by atoms with Gasteiger partial charge in [0.2, 0.25) is 0 Å². The highest BCUT2D eigenvalue weighted by Crippen LogP contribution is 2.53. The molecule has 22 heavy (non-hydrogen) atoms. The molecule has 2 unspecified atom stereocenters. The first-order chi connectivity index (χ1) is 10.6. The summed E-state index contributed by atoms with van der Waals surface area (Å²) in [6.45, 7) is 2.14. The molecule has 2 fully saturated rings. The van der Waals surface area contributed by atoms with E-state index in [1.807, 2.05) is 11.8 Å². The minimum absolute atomic E-state index is 0.195. The van der Waals surface area contributed by atoms with Gasteiger partial charge in [0, 0.05) is 20.4 Å². The standard InChI is InChI=1S/C17H22INO2S/c1-3-14(19-21-2)16-13(10-4-6-11(18)7-5-10)8-12-9-15(20)17(16)22-12/h4-7,12-13,15,17,19-20H,3,8-9H2,1-2H3/t12?,13-,15?,17-/m1/s1. The summed E-state index contributed by atoms with van der Waals surface area (Å²) in [4.78, 5) is 5.19. The molecule has 2 aliphatic heterocycles. The van der Waals surface area contributed by atoms with E-state index in [0.717, 1.165) is 25.0 Å². The van der Waals surface area contributed by atoms with E-state index in [1.54, 1.807) is 7.11 Å². The zero-order chi connectivity index (χ0) is 15.7. The lowest BCUT2D eigenvalue weighted by Gasteiger charge is -2.34. The highest BCUT2D eigenvalue weighted by atomic mass is 127. The maximum absolute atomic E-state index is 10.5. The molecule has 3 nitrogen and oxygen atoms in total. The Labute approximate surface area is 150 Å². The van der Waals surface area contributed by atoms with Gasteiger partial charge in [0.15, 0.2) is 0 Å². The number of rotatable bonds is 4. The van der Waals surface area contributed by atoms with E-state index in [0.29, 0.717) is 11.2 Å². The van der Waals surface area contributed by atoms with Crippen LogP contribution in [0.1, 0.15) is 37.7 Å². The third-order valence-electron chi connectivity index (χ3n) is 4.57. The van der Waals surface area contributed by atoms with Crippen molar-refractivity contribution in [1.82, 2.24) is 5.48 Å². The smallest absolute Gasteiger partial charge is 0.0708 e. The molecule has 3 rings (SSSR count). The van der Waals surface area contributed by atoms with E-state index in [4.69, 9.17) is 4.84 Å². The van der Waals surface area contributed by atoms with Gasteiger partial charge < -0.3 is 5.11 Å². The van der Waals surface area contributed by atoms with E-state index >= 15 is 0 Å². The van der Waals surface area contributed by atoms with Gasteiger partial charge >= 0.3 is 0 Å². The Bertz CT molecular complexity index is 560. The van der Waals surface area contributed by atoms with Crippen molar-refractivity contribution in [3.63, 3.8) is 0 Å². The summed E-state index contributed by atoms with van der Waals surface area (Å²) in [5.41, 5.74) is 6.88. The second kappa shape index (κ2) is 7.11. The number of thioether (sulfide) groups is 1. The first-order valence-electron chi connectivity index (χ1n) is 7.75. The number of fused-ring (bicyclic) bond motifs is 2. The molecule has 2 N–H and O–H groups in total. The van der Waals surface area contributed by atoms with Gasteiger partial charge in [-0.05, 0) is 65.1 Å². The van der Waals surface area contributed by atoms with E-state index < -0.39 is 0 Å². The van der Waals surface area contributed by atoms with Crippen LogP contribution in [0.5, 0.6) is 0 Å². The van der Waals surface area contributed by atoms with Gasteiger partial charge in [-0.15, -0.1) is 11.8 Å². The molecule has 0 aliphatic carbocycles. The van der Waals surface area contributed by atoms with Crippen LogP contribution in [0.15, 0.2) is 35.5 Å². The molecule has 0 aromatic heterocycles. The number of hydrogen-bond donors (Lipinski definition) is 2. The zero-order valence-corrected chi connectivity index (χ0v) is 15.9. The lowest BCUT2D eigenvalue weighted by atomic mass is 9.84. The third kappa shape index (κ3) is 3.18. The first-order valence-corrected chi connectivity index (χ1v) is 9.77. The van der Waals surface area contributed by atoms with Crippen LogP contribution in [-0.2, 0) is 4.84 Å². The Morgan fingerprint density at radius 1 is 1.36 bits per heavy atom. The van der Waals surface area contributed by atoms with Crippen LogP contribution in [0.4, 0.5) is 0 Å². The van der Waals surface area contributed by atoms with Crippen LogP contribution >= 0.6 is 34.4 Å². The molecule has 0 radical (unpaired) electrons. The van der Waals surface area contributed by atoms with Gasteiger partial charge in [-0.3, -0.25) is 10.3 Å².